The number of ether oxygens (including phenoxy) is 6. The zero-order chi connectivity index (χ0) is 28.5. The van der Waals surface area contributed by atoms with E-state index in [9.17, 15) is 24.4 Å². The summed E-state index contributed by atoms with van der Waals surface area (Å²) in [5.41, 5.74) is 1.32. The van der Waals surface area contributed by atoms with Gasteiger partial charge in [-0.15, -0.1) is 0 Å². The first kappa shape index (κ1) is 29.1. The van der Waals surface area contributed by atoms with Crippen LogP contribution in [-0.2, 0) is 49.5 Å². The Balaban J connectivity index is 2.05. The molecule has 39 heavy (non-hydrogen) atoms. The van der Waals surface area contributed by atoms with E-state index in [0.717, 1.165) is 13.8 Å². The number of para-hydroxylation sites is 1. The summed E-state index contributed by atoms with van der Waals surface area (Å²) in [4.78, 5) is 47.7. The van der Waals surface area contributed by atoms with Gasteiger partial charge in [0.1, 0.15) is 31.2 Å². The second kappa shape index (κ2) is 13.4. The van der Waals surface area contributed by atoms with E-state index in [1.165, 1.54) is 13.8 Å². The minimum Gasteiger partial charge on any atom is -0.489 e. The number of hydrogen-bond donors (Lipinski definition) is 0. The maximum absolute atomic E-state index is 12.1. The van der Waals surface area contributed by atoms with Crippen LogP contribution in [0.5, 0.6) is 5.75 Å². The lowest BCUT2D eigenvalue weighted by atomic mass is 9.89. The van der Waals surface area contributed by atoms with Gasteiger partial charge in [-0.25, -0.2) is 0 Å². The van der Waals surface area contributed by atoms with E-state index in [0.29, 0.717) is 22.4 Å². The Hall–Kier alpha value is -4.43. The summed E-state index contributed by atoms with van der Waals surface area (Å²) in [7, 11) is 0. The van der Waals surface area contributed by atoms with Gasteiger partial charge in [0.05, 0.1) is 11.6 Å². The highest BCUT2D eigenvalue weighted by Gasteiger charge is 2.52. The SMILES string of the molecule is CC(=O)OCC1OC(c2ccc(C#N)c(COc3ccccc3)c2)C(OC(C)=O)C(OC(C)=O)C1OC(C)=O. The Morgan fingerprint density at radius 2 is 1.44 bits per heavy atom. The Morgan fingerprint density at radius 1 is 0.821 bits per heavy atom. The Kier molecular flexibility index (Phi) is 10.0. The van der Waals surface area contributed by atoms with E-state index >= 15 is 0 Å². The highest BCUT2D eigenvalue weighted by atomic mass is 16.7. The van der Waals surface area contributed by atoms with Gasteiger partial charge >= 0.3 is 23.9 Å². The molecule has 0 aromatic heterocycles. The lowest BCUT2D eigenvalue weighted by Gasteiger charge is -2.44. The quantitative estimate of drug-likeness (QED) is 0.342. The van der Waals surface area contributed by atoms with Crippen molar-refractivity contribution in [3.8, 4) is 11.8 Å². The molecule has 1 heterocycles. The maximum Gasteiger partial charge on any atom is 0.303 e. The van der Waals surface area contributed by atoms with E-state index in [4.69, 9.17) is 28.4 Å². The molecule has 0 aliphatic carbocycles. The van der Waals surface area contributed by atoms with Gasteiger partial charge in [0.25, 0.3) is 0 Å². The molecule has 1 aliphatic rings. The lowest BCUT2D eigenvalue weighted by Crippen LogP contribution is -2.59. The topological polar surface area (TPSA) is 147 Å². The zero-order valence-electron chi connectivity index (χ0n) is 21.9. The fourth-order valence-corrected chi connectivity index (χ4v) is 4.19. The molecule has 11 nitrogen and oxygen atoms in total. The molecule has 1 aliphatic heterocycles. The summed E-state index contributed by atoms with van der Waals surface area (Å²) < 4.78 is 33.6. The Bertz CT molecular complexity index is 1240. The average Bonchev–Trinajstić information content (AvgIpc) is 2.88. The van der Waals surface area contributed by atoms with Crippen molar-refractivity contribution in [2.24, 2.45) is 0 Å². The number of esters is 4. The number of nitrogens with zero attached hydrogens (tertiary/aromatic N) is 1. The van der Waals surface area contributed by atoms with Gasteiger partial charge in [0.15, 0.2) is 18.3 Å². The minimum atomic E-state index is -1.30. The second-order valence-electron chi connectivity index (χ2n) is 8.75. The molecule has 0 bridgehead atoms. The molecule has 0 amide bonds. The summed E-state index contributed by atoms with van der Waals surface area (Å²) >= 11 is 0. The van der Waals surface area contributed by atoms with Gasteiger partial charge < -0.3 is 28.4 Å². The van der Waals surface area contributed by atoms with Gasteiger partial charge in [-0.1, -0.05) is 24.3 Å². The van der Waals surface area contributed by atoms with Gasteiger partial charge in [0, 0.05) is 33.3 Å². The fraction of sp³-hybridized carbons (Fsp3) is 0.393. The highest BCUT2D eigenvalue weighted by Crippen LogP contribution is 2.38. The molecule has 2 aromatic carbocycles. The van der Waals surface area contributed by atoms with Gasteiger partial charge in [0.2, 0.25) is 0 Å². The van der Waals surface area contributed by atoms with E-state index in [1.807, 2.05) is 18.2 Å². The smallest absolute Gasteiger partial charge is 0.303 e. The fourth-order valence-electron chi connectivity index (χ4n) is 4.19. The number of hydrogen-bond acceptors (Lipinski definition) is 11. The first-order valence-electron chi connectivity index (χ1n) is 12.1. The van der Waals surface area contributed by atoms with Crippen LogP contribution in [0.25, 0.3) is 0 Å². The molecule has 5 unspecified atom stereocenters. The summed E-state index contributed by atoms with van der Waals surface area (Å²) in [5.74, 6) is -2.15. The van der Waals surface area contributed by atoms with Crippen LogP contribution < -0.4 is 4.74 Å². The summed E-state index contributed by atoms with van der Waals surface area (Å²) in [6.45, 7) is 4.39. The largest absolute Gasteiger partial charge is 0.489 e. The Labute approximate surface area is 225 Å². The third-order valence-electron chi connectivity index (χ3n) is 5.71. The Morgan fingerprint density at radius 3 is 2.03 bits per heavy atom. The zero-order valence-corrected chi connectivity index (χ0v) is 21.9. The first-order valence-corrected chi connectivity index (χ1v) is 12.1. The highest BCUT2D eigenvalue weighted by molar-refractivity contribution is 5.69. The normalized spacial score (nSPS) is 22.1. The number of benzene rings is 2. The molecule has 3 rings (SSSR count). The number of nitriles is 1. The third kappa shape index (κ3) is 8.02. The predicted octanol–water partition coefficient (Wildman–Crippen LogP) is 2.94. The van der Waals surface area contributed by atoms with Crippen LogP contribution in [0.2, 0.25) is 0 Å². The number of carbonyl (C=O) groups excluding carboxylic acids is 4. The van der Waals surface area contributed by atoms with Crippen LogP contribution in [0, 0.1) is 11.3 Å². The second-order valence-corrected chi connectivity index (χ2v) is 8.75. The maximum atomic E-state index is 12.1. The predicted molar refractivity (Wildman–Crippen MR) is 133 cm³/mol. The van der Waals surface area contributed by atoms with Crippen LogP contribution in [-0.4, -0.2) is 54.9 Å². The van der Waals surface area contributed by atoms with Gasteiger partial charge in [-0.2, -0.15) is 5.26 Å². The lowest BCUT2D eigenvalue weighted by molar-refractivity contribution is -0.254. The summed E-state index contributed by atoms with van der Waals surface area (Å²) in [5, 5.41) is 9.65. The van der Waals surface area contributed by atoms with Gasteiger partial charge in [-0.3, -0.25) is 19.2 Å². The third-order valence-corrected chi connectivity index (χ3v) is 5.71. The average molecular weight is 540 g/mol. The molecular formula is C28H29NO10. The van der Waals surface area contributed by atoms with Crippen molar-refractivity contribution in [3.05, 3.63) is 65.2 Å². The van der Waals surface area contributed by atoms with Crippen LogP contribution in [0.4, 0.5) is 0 Å². The van der Waals surface area contributed by atoms with Crippen LogP contribution in [0.15, 0.2) is 48.5 Å². The van der Waals surface area contributed by atoms with Crippen molar-refractivity contribution in [1.82, 2.24) is 0 Å². The molecule has 5 atom stereocenters. The molecule has 0 spiro atoms. The van der Waals surface area contributed by atoms with E-state index in [2.05, 4.69) is 6.07 Å². The summed E-state index contributed by atoms with van der Waals surface area (Å²) in [6, 6.07) is 16.0. The molecule has 1 fully saturated rings. The van der Waals surface area contributed by atoms with Crippen molar-refractivity contribution < 1.29 is 47.6 Å². The van der Waals surface area contributed by atoms with E-state index < -0.39 is 54.4 Å². The summed E-state index contributed by atoms with van der Waals surface area (Å²) in [6.07, 6.45) is -5.95. The standard InChI is InChI=1S/C28H29NO10/c1-16(30)34-15-24-26(36-17(2)31)28(38-19(4)33)27(37-18(3)32)25(39-24)20-10-11-21(13-29)22(12-20)14-35-23-8-6-5-7-9-23/h5-12,24-28H,14-15H2,1-4H3. The van der Waals surface area contributed by atoms with E-state index in [-0.39, 0.29) is 13.2 Å². The van der Waals surface area contributed by atoms with Crippen molar-refractivity contribution in [2.75, 3.05) is 6.61 Å². The van der Waals surface area contributed by atoms with Crippen molar-refractivity contribution >= 4 is 23.9 Å². The van der Waals surface area contributed by atoms with Crippen LogP contribution in [0.3, 0.4) is 0 Å². The molecule has 2 aromatic rings. The molecule has 0 N–H and O–H groups in total. The van der Waals surface area contributed by atoms with Crippen LogP contribution >= 0.6 is 0 Å². The monoisotopic (exact) mass is 539 g/mol. The minimum absolute atomic E-state index is 0.0476. The molecular weight excluding hydrogens is 510 g/mol. The number of rotatable bonds is 9. The molecule has 0 radical (unpaired) electrons. The van der Waals surface area contributed by atoms with Crippen LogP contribution in [0.1, 0.15) is 50.5 Å². The van der Waals surface area contributed by atoms with Crippen molar-refractivity contribution in [1.29, 1.82) is 5.26 Å². The van der Waals surface area contributed by atoms with E-state index in [1.54, 1.807) is 30.3 Å². The molecule has 0 saturated carbocycles. The molecule has 206 valence electrons. The van der Waals surface area contributed by atoms with Gasteiger partial charge in [-0.05, 0) is 29.8 Å². The van der Waals surface area contributed by atoms with Crippen molar-refractivity contribution in [3.63, 3.8) is 0 Å². The molecule has 1 saturated heterocycles. The van der Waals surface area contributed by atoms with Crippen molar-refractivity contribution in [2.45, 2.75) is 64.8 Å². The molecule has 11 heteroatoms. The number of carbonyl (C=O) groups is 4. The first-order chi connectivity index (χ1) is 18.6.